The molecule has 0 bridgehead atoms. The molecule has 0 radical (unpaired) electrons. The SMILES string of the molecule is CC(=O)N1CCN(C(=O)c2nc(Cc3ccccc3)n(-c3ccccc3)n2)CC1. The van der Waals surface area contributed by atoms with Gasteiger partial charge in [-0.3, -0.25) is 9.59 Å². The fraction of sp³-hybridized carbons (Fsp3) is 0.273. The molecule has 29 heavy (non-hydrogen) atoms. The first kappa shape index (κ1) is 18.9. The number of nitrogens with zero attached hydrogens (tertiary/aromatic N) is 5. The van der Waals surface area contributed by atoms with Gasteiger partial charge in [-0.1, -0.05) is 48.5 Å². The van der Waals surface area contributed by atoms with Crippen molar-refractivity contribution in [3.63, 3.8) is 0 Å². The van der Waals surface area contributed by atoms with E-state index in [9.17, 15) is 9.59 Å². The van der Waals surface area contributed by atoms with E-state index in [1.165, 1.54) is 0 Å². The summed E-state index contributed by atoms with van der Waals surface area (Å²) in [4.78, 5) is 32.6. The van der Waals surface area contributed by atoms with Gasteiger partial charge < -0.3 is 9.80 Å². The summed E-state index contributed by atoms with van der Waals surface area (Å²) >= 11 is 0. The highest BCUT2D eigenvalue weighted by molar-refractivity contribution is 5.90. The Morgan fingerprint density at radius 3 is 2.07 bits per heavy atom. The zero-order valence-corrected chi connectivity index (χ0v) is 16.4. The van der Waals surface area contributed by atoms with Gasteiger partial charge in [0.1, 0.15) is 5.82 Å². The maximum Gasteiger partial charge on any atom is 0.293 e. The van der Waals surface area contributed by atoms with Crippen LogP contribution in [0.2, 0.25) is 0 Å². The summed E-state index contributed by atoms with van der Waals surface area (Å²) in [7, 11) is 0. The van der Waals surface area contributed by atoms with Gasteiger partial charge in [-0.25, -0.2) is 9.67 Å². The van der Waals surface area contributed by atoms with Gasteiger partial charge in [0.2, 0.25) is 11.7 Å². The number of hydrogen-bond donors (Lipinski definition) is 0. The number of amides is 2. The largest absolute Gasteiger partial charge is 0.339 e. The van der Waals surface area contributed by atoms with Crippen LogP contribution in [0.15, 0.2) is 60.7 Å². The Balaban J connectivity index is 1.61. The number of hydrogen-bond acceptors (Lipinski definition) is 4. The van der Waals surface area contributed by atoms with Gasteiger partial charge in [0.25, 0.3) is 5.91 Å². The first-order chi connectivity index (χ1) is 14.1. The van der Waals surface area contributed by atoms with Crippen LogP contribution in [0.5, 0.6) is 0 Å². The molecule has 0 saturated carbocycles. The minimum Gasteiger partial charge on any atom is -0.339 e. The molecule has 1 aromatic heterocycles. The van der Waals surface area contributed by atoms with E-state index in [0.29, 0.717) is 38.4 Å². The summed E-state index contributed by atoms with van der Waals surface area (Å²) in [5, 5.41) is 4.54. The summed E-state index contributed by atoms with van der Waals surface area (Å²) in [6.07, 6.45) is 0.578. The van der Waals surface area contributed by atoms with E-state index in [-0.39, 0.29) is 17.6 Å². The zero-order chi connectivity index (χ0) is 20.2. The third-order valence-corrected chi connectivity index (χ3v) is 5.08. The molecule has 0 N–H and O–H groups in total. The highest BCUT2D eigenvalue weighted by Crippen LogP contribution is 2.15. The molecule has 0 aliphatic carbocycles. The Morgan fingerprint density at radius 1 is 0.862 bits per heavy atom. The molecule has 7 nitrogen and oxygen atoms in total. The van der Waals surface area contributed by atoms with Gasteiger partial charge >= 0.3 is 0 Å². The van der Waals surface area contributed by atoms with Crippen molar-refractivity contribution in [2.24, 2.45) is 0 Å². The van der Waals surface area contributed by atoms with Crippen LogP contribution in [0.4, 0.5) is 0 Å². The van der Waals surface area contributed by atoms with Crippen molar-refractivity contribution >= 4 is 11.8 Å². The van der Waals surface area contributed by atoms with Gasteiger partial charge in [-0.05, 0) is 17.7 Å². The maximum atomic E-state index is 13.0. The first-order valence-corrected chi connectivity index (χ1v) is 9.72. The van der Waals surface area contributed by atoms with Crippen LogP contribution >= 0.6 is 0 Å². The molecule has 0 spiro atoms. The fourth-order valence-electron chi connectivity index (χ4n) is 3.47. The minimum atomic E-state index is -0.197. The van der Waals surface area contributed by atoms with E-state index in [1.807, 2.05) is 60.7 Å². The number of piperazine rings is 1. The number of rotatable bonds is 4. The first-order valence-electron chi connectivity index (χ1n) is 9.72. The fourth-order valence-corrected chi connectivity index (χ4v) is 3.47. The molecule has 2 aromatic carbocycles. The lowest BCUT2D eigenvalue weighted by Gasteiger charge is -2.33. The van der Waals surface area contributed by atoms with Crippen molar-refractivity contribution in [3.8, 4) is 5.69 Å². The third kappa shape index (κ3) is 4.18. The van der Waals surface area contributed by atoms with Crippen LogP contribution in [-0.2, 0) is 11.2 Å². The van der Waals surface area contributed by atoms with E-state index in [1.54, 1.807) is 21.4 Å². The Labute approximate surface area is 169 Å². The minimum absolute atomic E-state index is 0.0359. The lowest BCUT2D eigenvalue weighted by atomic mass is 10.1. The van der Waals surface area contributed by atoms with Crippen LogP contribution in [0.1, 0.15) is 28.9 Å². The maximum absolute atomic E-state index is 13.0. The van der Waals surface area contributed by atoms with Crippen molar-refractivity contribution in [1.29, 1.82) is 0 Å². The lowest BCUT2D eigenvalue weighted by molar-refractivity contribution is -0.130. The summed E-state index contributed by atoms with van der Waals surface area (Å²) < 4.78 is 1.74. The Kier molecular flexibility index (Phi) is 5.37. The third-order valence-electron chi connectivity index (χ3n) is 5.08. The quantitative estimate of drug-likeness (QED) is 0.686. The molecule has 1 fully saturated rings. The summed E-state index contributed by atoms with van der Waals surface area (Å²) in [5.74, 6) is 0.745. The van der Waals surface area contributed by atoms with E-state index >= 15 is 0 Å². The van der Waals surface area contributed by atoms with Crippen LogP contribution in [-0.4, -0.2) is 62.6 Å². The molecule has 7 heteroatoms. The second-order valence-corrected chi connectivity index (χ2v) is 7.06. The van der Waals surface area contributed by atoms with Crippen LogP contribution in [0.3, 0.4) is 0 Å². The zero-order valence-electron chi connectivity index (χ0n) is 16.4. The van der Waals surface area contributed by atoms with Crippen LogP contribution in [0.25, 0.3) is 5.69 Å². The number of carbonyl (C=O) groups is 2. The van der Waals surface area contributed by atoms with Crippen molar-refractivity contribution in [2.45, 2.75) is 13.3 Å². The normalized spacial score (nSPS) is 14.1. The molecule has 148 valence electrons. The predicted octanol–water partition coefficient (Wildman–Crippen LogP) is 2.16. The Morgan fingerprint density at radius 2 is 1.45 bits per heavy atom. The smallest absolute Gasteiger partial charge is 0.293 e. The Hall–Kier alpha value is -3.48. The van der Waals surface area contributed by atoms with E-state index in [0.717, 1.165) is 11.3 Å². The van der Waals surface area contributed by atoms with Gasteiger partial charge in [0.05, 0.1) is 5.69 Å². The van der Waals surface area contributed by atoms with Crippen LogP contribution < -0.4 is 0 Å². The lowest BCUT2D eigenvalue weighted by Crippen LogP contribution is -2.50. The second kappa shape index (κ2) is 8.26. The summed E-state index contributed by atoms with van der Waals surface area (Å²) in [6.45, 7) is 3.61. The van der Waals surface area contributed by atoms with Gasteiger partial charge in [0.15, 0.2) is 0 Å². The van der Waals surface area contributed by atoms with E-state index in [2.05, 4.69) is 10.1 Å². The molecule has 0 atom stereocenters. The molecule has 3 aromatic rings. The van der Waals surface area contributed by atoms with E-state index < -0.39 is 0 Å². The summed E-state index contributed by atoms with van der Waals surface area (Å²) in [5.41, 5.74) is 1.97. The van der Waals surface area contributed by atoms with E-state index in [4.69, 9.17) is 0 Å². The molecule has 2 amide bonds. The number of carbonyl (C=O) groups excluding carboxylic acids is 2. The van der Waals surface area contributed by atoms with Crippen molar-refractivity contribution in [3.05, 3.63) is 77.9 Å². The van der Waals surface area contributed by atoms with Crippen molar-refractivity contribution < 1.29 is 9.59 Å². The average molecular weight is 389 g/mol. The monoisotopic (exact) mass is 389 g/mol. The molecule has 4 rings (SSSR count). The van der Waals surface area contributed by atoms with Crippen LogP contribution in [0, 0.1) is 0 Å². The standard InChI is InChI=1S/C22H23N5O2/c1-17(28)25-12-14-26(15-13-25)22(29)21-23-20(16-18-8-4-2-5-9-18)27(24-21)19-10-6-3-7-11-19/h2-11H,12-16H2,1H3. The summed E-state index contributed by atoms with van der Waals surface area (Å²) in [6, 6.07) is 19.7. The van der Waals surface area contributed by atoms with Crippen molar-refractivity contribution in [2.75, 3.05) is 26.2 Å². The Bertz CT molecular complexity index is 993. The highest BCUT2D eigenvalue weighted by Gasteiger charge is 2.27. The molecule has 2 heterocycles. The number of aromatic nitrogens is 3. The molecular weight excluding hydrogens is 366 g/mol. The molecule has 1 saturated heterocycles. The molecule has 1 aliphatic heterocycles. The average Bonchev–Trinajstić information content (AvgIpc) is 3.18. The van der Waals surface area contributed by atoms with Gasteiger partial charge in [-0.15, -0.1) is 5.10 Å². The highest BCUT2D eigenvalue weighted by atomic mass is 16.2. The van der Waals surface area contributed by atoms with Gasteiger partial charge in [-0.2, -0.15) is 0 Å². The van der Waals surface area contributed by atoms with Crippen molar-refractivity contribution in [1.82, 2.24) is 24.6 Å². The number of para-hydroxylation sites is 1. The molecular formula is C22H23N5O2. The number of benzene rings is 2. The predicted molar refractivity (Wildman–Crippen MR) is 109 cm³/mol. The topological polar surface area (TPSA) is 71.3 Å². The molecule has 1 aliphatic rings. The molecule has 0 unspecified atom stereocenters. The second-order valence-electron chi connectivity index (χ2n) is 7.06. The van der Waals surface area contributed by atoms with Gasteiger partial charge in [0, 0.05) is 39.5 Å².